The summed E-state index contributed by atoms with van der Waals surface area (Å²) in [6, 6.07) is 0. The fourth-order valence-electron chi connectivity index (χ4n) is 1.57. The Balaban J connectivity index is 1.97. The Morgan fingerprint density at radius 1 is 1.25 bits per heavy atom. The van der Waals surface area contributed by atoms with E-state index in [-0.39, 0.29) is 5.41 Å². The smallest absolute Gasteiger partial charge is 0.240 e. The van der Waals surface area contributed by atoms with Gasteiger partial charge >= 0.3 is 0 Å². The summed E-state index contributed by atoms with van der Waals surface area (Å²) in [5, 5.41) is 4.01. The lowest BCUT2D eigenvalue weighted by molar-refractivity contribution is 0.0297. The minimum atomic E-state index is -0.0488. The summed E-state index contributed by atoms with van der Waals surface area (Å²) in [5.74, 6) is 1.47. The summed E-state index contributed by atoms with van der Waals surface area (Å²) < 4.78 is 10.5. The molecule has 0 bridgehead atoms. The number of nitrogens with zero attached hydrogens (tertiary/aromatic N) is 3. The summed E-state index contributed by atoms with van der Waals surface area (Å²) in [6.45, 7) is 10.4. The molecule has 90 valence electrons. The molecule has 5 nitrogen and oxygen atoms in total. The van der Waals surface area contributed by atoms with Crippen molar-refractivity contribution in [1.29, 1.82) is 0 Å². The molecule has 0 N–H and O–H groups in total. The predicted molar refractivity (Wildman–Crippen MR) is 59.1 cm³/mol. The van der Waals surface area contributed by atoms with Gasteiger partial charge in [0.05, 0.1) is 19.8 Å². The van der Waals surface area contributed by atoms with E-state index >= 15 is 0 Å². The molecule has 0 radical (unpaired) electrons. The van der Waals surface area contributed by atoms with Crippen molar-refractivity contribution in [3.05, 3.63) is 11.7 Å². The van der Waals surface area contributed by atoms with Gasteiger partial charge in [-0.2, -0.15) is 4.98 Å². The Bertz CT molecular complexity index is 337. The van der Waals surface area contributed by atoms with Crippen molar-refractivity contribution in [1.82, 2.24) is 15.0 Å². The molecule has 16 heavy (non-hydrogen) atoms. The van der Waals surface area contributed by atoms with Gasteiger partial charge in [0.15, 0.2) is 5.82 Å². The minimum Gasteiger partial charge on any atom is -0.379 e. The quantitative estimate of drug-likeness (QED) is 0.757. The summed E-state index contributed by atoms with van der Waals surface area (Å²) in [4.78, 5) is 6.68. The topological polar surface area (TPSA) is 51.4 Å². The lowest BCUT2D eigenvalue weighted by atomic mass is 9.96. The molecule has 0 amide bonds. The molecule has 0 unspecified atom stereocenters. The number of hydrogen-bond donors (Lipinski definition) is 0. The highest BCUT2D eigenvalue weighted by Crippen LogP contribution is 2.18. The molecule has 1 saturated heterocycles. The number of rotatable bonds is 2. The first-order chi connectivity index (χ1) is 7.55. The summed E-state index contributed by atoms with van der Waals surface area (Å²) in [7, 11) is 0. The average molecular weight is 225 g/mol. The molecular weight excluding hydrogens is 206 g/mol. The second-order valence-corrected chi connectivity index (χ2v) is 5.15. The van der Waals surface area contributed by atoms with Crippen molar-refractivity contribution in [3.8, 4) is 0 Å². The minimum absolute atomic E-state index is 0.0488. The molecular formula is C11H19N3O2. The maximum absolute atomic E-state index is 5.29. The zero-order chi connectivity index (χ0) is 11.6. The lowest BCUT2D eigenvalue weighted by Crippen LogP contribution is -2.35. The summed E-state index contributed by atoms with van der Waals surface area (Å²) in [5.41, 5.74) is -0.0488. The molecule has 1 aliphatic heterocycles. The van der Waals surface area contributed by atoms with Crippen LogP contribution < -0.4 is 0 Å². The van der Waals surface area contributed by atoms with Crippen LogP contribution in [0.25, 0.3) is 0 Å². The van der Waals surface area contributed by atoms with Crippen LogP contribution in [0.3, 0.4) is 0 Å². The van der Waals surface area contributed by atoms with E-state index in [1.165, 1.54) is 0 Å². The van der Waals surface area contributed by atoms with Gasteiger partial charge in [0, 0.05) is 18.5 Å². The van der Waals surface area contributed by atoms with Crippen molar-refractivity contribution in [3.63, 3.8) is 0 Å². The van der Waals surface area contributed by atoms with Gasteiger partial charge in [0.2, 0.25) is 5.89 Å². The number of morpholine rings is 1. The van der Waals surface area contributed by atoms with Crippen LogP contribution >= 0.6 is 0 Å². The van der Waals surface area contributed by atoms with Crippen LogP contribution in [-0.2, 0) is 16.7 Å². The van der Waals surface area contributed by atoms with Crippen molar-refractivity contribution >= 4 is 0 Å². The fraction of sp³-hybridized carbons (Fsp3) is 0.818. The standard InChI is InChI=1S/C11H19N3O2/c1-11(2,3)10-12-9(16-13-10)8-14-4-6-15-7-5-14/h4-8H2,1-3H3. The van der Waals surface area contributed by atoms with Crippen LogP contribution in [0.5, 0.6) is 0 Å². The molecule has 0 spiro atoms. The SMILES string of the molecule is CC(C)(C)c1noc(CN2CCOCC2)n1. The van der Waals surface area contributed by atoms with Crippen LogP contribution in [0, 0.1) is 0 Å². The van der Waals surface area contributed by atoms with Gasteiger partial charge in [-0.3, -0.25) is 4.90 Å². The van der Waals surface area contributed by atoms with E-state index in [0.29, 0.717) is 5.89 Å². The van der Waals surface area contributed by atoms with Crippen molar-refractivity contribution in [2.75, 3.05) is 26.3 Å². The third-order valence-electron chi connectivity index (χ3n) is 2.60. The Morgan fingerprint density at radius 2 is 1.94 bits per heavy atom. The molecule has 0 saturated carbocycles. The van der Waals surface area contributed by atoms with Crippen LogP contribution in [-0.4, -0.2) is 41.3 Å². The highest BCUT2D eigenvalue weighted by atomic mass is 16.5. The third-order valence-corrected chi connectivity index (χ3v) is 2.60. The Kier molecular flexibility index (Phi) is 3.25. The van der Waals surface area contributed by atoms with Gasteiger partial charge in [0.1, 0.15) is 0 Å². The molecule has 1 aliphatic rings. The first-order valence-electron chi connectivity index (χ1n) is 5.69. The zero-order valence-corrected chi connectivity index (χ0v) is 10.2. The summed E-state index contributed by atoms with van der Waals surface area (Å²) in [6.07, 6.45) is 0. The molecule has 5 heteroatoms. The number of ether oxygens (including phenoxy) is 1. The van der Waals surface area contributed by atoms with E-state index in [0.717, 1.165) is 38.7 Å². The van der Waals surface area contributed by atoms with E-state index in [2.05, 4.69) is 35.8 Å². The van der Waals surface area contributed by atoms with Gasteiger partial charge < -0.3 is 9.26 Å². The Hall–Kier alpha value is -0.940. The molecule has 0 aliphatic carbocycles. The normalized spacial score (nSPS) is 18.9. The molecule has 2 rings (SSSR count). The second kappa shape index (κ2) is 4.51. The molecule has 2 heterocycles. The van der Waals surface area contributed by atoms with Crippen LogP contribution in [0.4, 0.5) is 0 Å². The van der Waals surface area contributed by atoms with Gasteiger partial charge in [-0.05, 0) is 0 Å². The third kappa shape index (κ3) is 2.80. The zero-order valence-electron chi connectivity index (χ0n) is 10.2. The maximum atomic E-state index is 5.29. The van der Waals surface area contributed by atoms with Gasteiger partial charge in [0.25, 0.3) is 0 Å². The van der Waals surface area contributed by atoms with Crippen molar-refractivity contribution in [2.45, 2.75) is 32.7 Å². The van der Waals surface area contributed by atoms with E-state index in [4.69, 9.17) is 9.26 Å². The molecule has 1 aromatic rings. The fourth-order valence-corrected chi connectivity index (χ4v) is 1.57. The van der Waals surface area contributed by atoms with E-state index in [1.807, 2.05) is 0 Å². The molecule has 1 aromatic heterocycles. The molecule has 0 aromatic carbocycles. The van der Waals surface area contributed by atoms with Gasteiger partial charge in [-0.15, -0.1) is 0 Å². The molecule has 0 atom stereocenters. The van der Waals surface area contributed by atoms with Gasteiger partial charge in [-0.1, -0.05) is 25.9 Å². The van der Waals surface area contributed by atoms with Crippen molar-refractivity contribution in [2.24, 2.45) is 0 Å². The Morgan fingerprint density at radius 3 is 2.50 bits per heavy atom. The maximum Gasteiger partial charge on any atom is 0.240 e. The lowest BCUT2D eigenvalue weighted by Gasteiger charge is -2.24. The average Bonchev–Trinajstić information content (AvgIpc) is 2.67. The van der Waals surface area contributed by atoms with E-state index < -0.39 is 0 Å². The second-order valence-electron chi connectivity index (χ2n) is 5.15. The monoisotopic (exact) mass is 225 g/mol. The highest BCUT2D eigenvalue weighted by molar-refractivity contribution is 4.99. The van der Waals surface area contributed by atoms with Crippen LogP contribution in [0.15, 0.2) is 4.52 Å². The van der Waals surface area contributed by atoms with E-state index in [9.17, 15) is 0 Å². The Labute approximate surface area is 95.8 Å². The first kappa shape index (κ1) is 11.5. The van der Waals surface area contributed by atoms with Crippen LogP contribution in [0.1, 0.15) is 32.5 Å². The predicted octanol–water partition coefficient (Wildman–Crippen LogP) is 1.20. The number of aromatic nitrogens is 2. The van der Waals surface area contributed by atoms with Gasteiger partial charge in [-0.25, -0.2) is 0 Å². The van der Waals surface area contributed by atoms with E-state index in [1.54, 1.807) is 0 Å². The first-order valence-corrected chi connectivity index (χ1v) is 5.69. The summed E-state index contributed by atoms with van der Waals surface area (Å²) >= 11 is 0. The van der Waals surface area contributed by atoms with Crippen molar-refractivity contribution < 1.29 is 9.26 Å². The largest absolute Gasteiger partial charge is 0.379 e. The van der Waals surface area contributed by atoms with Crippen LogP contribution in [0.2, 0.25) is 0 Å². The molecule has 1 fully saturated rings. The highest BCUT2D eigenvalue weighted by Gasteiger charge is 2.22. The number of hydrogen-bond acceptors (Lipinski definition) is 5.